The van der Waals surface area contributed by atoms with Crippen LogP contribution < -0.4 is 9.47 Å². The molecule has 0 fully saturated rings. The first kappa shape index (κ1) is 25.0. The predicted octanol–water partition coefficient (Wildman–Crippen LogP) is 7.10. The highest BCUT2D eigenvalue weighted by atomic mass is 16.5. The Labute approximate surface area is 201 Å². The average Bonchev–Trinajstić information content (AvgIpc) is 2.87. The number of rotatable bonds is 11. The van der Waals surface area contributed by atoms with Gasteiger partial charge in [0, 0.05) is 0 Å². The Morgan fingerprint density at radius 3 is 1.82 bits per heavy atom. The lowest BCUT2D eigenvalue weighted by Crippen LogP contribution is -2.15. The standard InChI is InChI=1S/C29H32O5/c1-4-5-6-7-8-21(2)33-28(30)24-11-9-22(10-12-24)23-13-19-27(20-14-23)34-29(31)25-15-17-26(32-3)18-16-25/h9-21H,4-8H2,1-3H3/t21-/m1/s1. The van der Waals surface area contributed by atoms with Gasteiger partial charge in [0.15, 0.2) is 0 Å². The van der Waals surface area contributed by atoms with Crippen LogP contribution in [0.15, 0.2) is 72.8 Å². The summed E-state index contributed by atoms with van der Waals surface area (Å²) in [6.45, 7) is 4.13. The second-order valence-electron chi connectivity index (χ2n) is 8.29. The molecule has 3 rings (SSSR count). The van der Waals surface area contributed by atoms with Crippen LogP contribution in [0.5, 0.6) is 11.5 Å². The number of ether oxygens (including phenoxy) is 3. The van der Waals surface area contributed by atoms with Crippen molar-refractivity contribution in [3.63, 3.8) is 0 Å². The van der Waals surface area contributed by atoms with E-state index in [1.165, 1.54) is 19.3 Å². The Bertz CT molecular complexity index is 1050. The van der Waals surface area contributed by atoms with Gasteiger partial charge in [-0.2, -0.15) is 0 Å². The van der Waals surface area contributed by atoms with Gasteiger partial charge >= 0.3 is 11.9 Å². The van der Waals surface area contributed by atoms with Crippen molar-refractivity contribution in [3.05, 3.63) is 83.9 Å². The summed E-state index contributed by atoms with van der Waals surface area (Å²) in [7, 11) is 1.57. The van der Waals surface area contributed by atoms with E-state index >= 15 is 0 Å². The Morgan fingerprint density at radius 1 is 0.706 bits per heavy atom. The fourth-order valence-corrected chi connectivity index (χ4v) is 3.58. The van der Waals surface area contributed by atoms with Gasteiger partial charge in [0.05, 0.1) is 24.3 Å². The maximum absolute atomic E-state index is 12.4. The van der Waals surface area contributed by atoms with E-state index in [0.717, 1.165) is 24.0 Å². The number of unbranched alkanes of at least 4 members (excludes halogenated alkanes) is 3. The number of carbonyl (C=O) groups is 2. The summed E-state index contributed by atoms with van der Waals surface area (Å²) in [6.07, 6.45) is 5.46. The van der Waals surface area contributed by atoms with Gasteiger partial charge in [-0.25, -0.2) is 9.59 Å². The van der Waals surface area contributed by atoms with Gasteiger partial charge < -0.3 is 14.2 Å². The summed E-state index contributed by atoms with van der Waals surface area (Å²) >= 11 is 0. The normalized spacial score (nSPS) is 11.5. The van der Waals surface area contributed by atoms with Crippen LogP contribution in [0.3, 0.4) is 0 Å². The third-order valence-electron chi connectivity index (χ3n) is 5.62. The SMILES string of the molecule is CCCCCC[C@@H](C)OC(=O)c1ccc(-c2ccc(OC(=O)c3ccc(OC)cc3)cc2)cc1. The molecule has 0 unspecified atom stereocenters. The zero-order valence-electron chi connectivity index (χ0n) is 20.1. The first-order valence-electron chi connectivity index (χ1n) is 11.8. The largest absolute Gasteiger partial charge is 0.497 e. The minimum absolute atomic E-state index is 0.0859. The molecule has 0 saturated heterocycles. The van der Waals surface area contributed by atoms with E-state index < -0.39 is 5.97 Å². The van der Waals surface area contributed by atoms with E-state index in [9.17, 15) is 9.59 Å². The lowest BCUT2D eigenvalue weighted by Gasteiger charge is -2.13. The fraction of sp³-hybridized carbons (Fsp3) is 0.310. The molecule has 0 aliphatic carbocycles. The molecule has 3 aromatic rings. The Morgan fingerprint density at radius 2 is 1.24 bits per heavy atom. The van der Waals surface area contributed by atoms with Gasteiger partial charge in [-0.15, -0.1) is 0 Å². The third-order valence-corrected chi connectivity index (χ3v) is 5.62. The molecule has 0 aliphatic heterocycles. The fourth-order valence-electron chi connectivity index (χ4n) is 3.58. The Kier molecular flexibility index (Phi) is 9.27. The quantitative estimate of drug-likeness (QED) is 0.174. The van der Waals surface area contributed by atoms with Crippen molar-refractivity contribution >= 4 is 11.9 Å². The summed E-state index contributed by atoms with van der Waals surface area (Å²) in [5.41, 5.74) is 2.89. The number of carbonyl (C=O) groups excluding carboxylic acids is 2. The van der Waals surface area contributed by atoms with E-state index in [1.807, 2.05) is 31.2 Å². The van der Waals surface area contributed by atoms with E-state index in [4.69, 9.17) is 14.2 Å². The topological polar surface area (TPSA) is 61.8 Å². The van der Waals surface area contributed by atoms with Crippen LogP contribution in [0.2, 0.25) is 0 Å². The van der Waals surface area contributed by atoms with E-state index in [-0.39, 0.29) is 12.1 Å². The molecule has 34 heavy (non-hydrogen) atoms. The molecular formula is C29H32O5. The molecule has 0 aromatic heterocycles. The molecule has 3 aromatic carbocycles. The van der Waals surface area contributed by atoms with E-state index in [2.05, 4.69) is 6.92 Å². The second kappa shape index (κ2) is 12.6. The molecule has 1 atom stereocenters. The van der Waals surface area contributed by atoms with Crippen LogP contribution >= 0.6 is 0 Å². The minimum atomic E-state index is -0.433. The predicted molar refractivity (Wildman–Crippen MR) is 133 cm³/mol. The summed E-state index contributed by atoms with van der Waals surface area (Å²) in [4.78, 5) is 24.7. The van der Waals surface area contributed by atoms with Crippen LogP contribution in [0.1, 0.15) is 66.7 Å². The van der Waals surface area contributed by atoms with Crippen LogP contribution in [-0.2, 0) is 4.74 Å². The monoisotopic (exact) mass is 460 g/mol. The summed E-state index contributed by atoms with van der Waals surface area (Å²) in [6, 6.07) is 21.3. The molecule has 5 nitrogen and oxygen atoms in total. The highest BCUT2D eigenvalue weighted by Gasteiger charge is 2.13. The lowest BCUT2D eigenvalue weighted by molar-refractivity contribution is 0.0319. The zero-order chi connectivity index (χ0) is 24.3. The molecule has 0 saturated carbocycles. The average molecular weight is 461 g/mol. The zero-order valence-corrected chi connectivity index (χ0v) is 20.1. The maximum atomic E-state index is 12.4. The van der Waals surface area contributed by atoms with Gasteiger partial charge in [-0.3, -0.25) is 0 Å². The van der Waals surface area contributed by atoms with Gasteiger partial charge in [-0.05, 0) is 79.4 Å². The number of benzene rings is 3. The van der Waals surface area contributed by atoms with Gasteiger partial charge in [0.1, 0.15) is 11.5 Å². The molecule has 0 radical (unpaired) electrons. The molecule has 0 bridgehead atoms. The van der Waals surface area contributed by atoms with Crippen molar-refractivity contribution in [1.82, 2.24) is 0 Å². The van der Waals surface area contributed by atoms with E-state index in [1.54, 1.807) is 55.6 Å². The first-order chi connectivity index (χ1) is 16.5. The number of esters is 2. The second-order valence-corrected chi connectivity index (χ2v) is 8.29. The molecule has 0 N–H and O–H groups in total. The number of hydrogen-bond acceptors (Lipinski definition) is 5. The molecule has 0 aliphatic rings. The molecule has 0 heterocycles. The van der Waals surface area contributed by atoms with Crippen LogP contribution in [0.4, 0.5) is 0 Å². The van der Waals surface area contributed by atoms with Crippen molar-refractivity contribution in [2.24, 2.45) is 0 Å². The van der Waals surface area contributed by atoms with Gasteiger partial charge in [0.2, 0.25) is 0 Å². The lowest BCUT2D eigenvalue weighted by atomic mass is 10.0. The highest BCUT2D eigenvalue weighted by molar-refractivity contribution is 5.91. The molecule has 0 spiro atoms. The number of hydrogen-bond donors (Lipinski definition) is 0. The minimum Gasteiger partial charge on any atom is -0.497 e. The van der Waals surface area contributed by atoms with Crippen LogP contribution in [0.25, 0.3) is 11.1 Å². The highest BCUT2D eigenvalue weighted by Crippen LogP contribution is 2.24. The summed E-state index contributed by atoms with van der Waals surface area (Å²) in [5, 5.41) is 0. The Hall–Kier alpha value is -3.60. The van der Waals surface area contributed by atoms with Gasteiger partial charge in [-0.1, -0.05) is 50.5 Å². The molecular weight excluding hydrogens is 428 g/mol. The molecule has 5 heteroatoms. The van der Waals surface area contributed by atoms with Gasteiger partial charge in [0.25, 0.3) is 0 Å². The number of methoxy groups -OCH3 is 1. The van der Waals surface area contributed by atoms with Crippen LogP contribution in [-0.4, -0.2) is 25.2 Å². The van der Waals surface area contributed by atoms with Crippen molar-refractivity contribution in [2.45, 2.75) is 52.1 Å². The molecule has 178 valence electrons. The van der Waals surface area contributed by atoms with E-state index in [0.29, 0.717) is 22.6 Å². The summed E-state index contributed by atoms with van der Waals surface area (Å²) in [5.74, 6) is 0.406. The van der Waals surface area contributed by atoms with Crippen LogP contribution in [0, 0.1) is 0 Å². The maximum Gasteiger partial charge on any atom is 0.343 e. The molecule has 0 amide bonds. The van der Waals surface area contributed by atoms with Crippen molar-refractivity contribution in [2.75, 3.05) is 7.11 Å². The first-order valence-corrected chi connectivity index (χ1v) is 11.8. The van der Waals surface area contributed by atoms with Crippen molar-refractivity contribution < 1.29 is 23.8 Å². The van der Waals surface area contributed by atoms with Crippen molar-refractivity contribution in [3.8, 4) is 22.6 Å². The Balaban J connectivity index is 1.55. The summed E-state index contributed by atoms with van der Waals surface area (Å²) < 4.78 is 16.1. The third kappa shape index (κ3) is 7.20. The smallest absolute Gasteiger partial charge is 0.343 e. The van der Waals surface area contributed by atoms with Crippen molar-refractivity contribution in [1.29, 1.82) is 0 Å².